The van der Waals surface area contributed by atoms with Crippen LogP contribution in [0.3, 0.4) is 0 Å². The molecule has 108 valence electrons. The summed E-state index contributed by atoms with van der Waals surface area (Å²) in [6, 6.07) is 7.41. The van der Waals surface area contributed by atoms with Crippen LogP contribution in [-0.4, -0.2) is 40.4 Å². The van der Waals surface area contributed by atoms with Crippen LogP contribution < -0.4 is 0 Å². The summed E-state index contributed by atoms with van der Waals surface area (Å²) in [6.07, 6.45) is 2.88. The number of fused-ring (bicyclic) bond motifs is 2. The lowest BCUT2D eigenvalue weighted by Crippen LogP contribution is -2.34. The Hall–Kier alpha value is -1.07. The molecule has 5 heteroatoms. The number of hydrogen-bond donors (Lipinski definition) is 1. The van der Waals surface area contributed by atoms with Gasteiger partial charge in [0.15, 0.2) is 0 Å². The van der Waals surface area contributed by atoms with E-state index in [4.69, 9.17) is 0 Å². The summed E-state index contributed by atoms with van der Waals surface area (Å²) in [5.74, 6) is -0.234. The summed E-state index contributed by atoms with van der Waals surface area (Å²) in [5.41, 5.74) is 0. The van der Waals surface area contributed by atoms with Gasteiger partial charge < -0.3 is 5.11 Å². The number of nitrogens with zero attached hydrogens (tertiary/aromatic N) is 1. The summed E-state index contributed by atoms with van der Waals surface area (Å²) in [5, 5.41) is 9.21. The number of halogens is 1. The topological polar surface area (TPSA) is 40.5 Å². The van der Waals surface area contributed by atoms with Crippen molar-refractivity contribution in [3.63, 3.8) is 0 Å². The van der Waals surface area contributed by atoms with E-state index in [0.717, 1.165) is 31.6 Å². The standard InChI is InChI=1S/C15H18FNO2S/c16-12-3-1-2-4-14(12)20-8-7-17-10-5-6-13(17)11(9-10)15(18)19/h1-4,10-11,13H,5-9H2,(H,18,19). The average molecular weight is 295 g/mol. The fourth-order valence-corrected chi connectivity index (χ4v) is 4.44. The smallest absolute Gasteiger partial charge is 0.308 e. The number of thioether (sulfide) groups is 1. The monoisotopic (exact) mass is 295 g/mol. The van der Waals surface area contributed by atoms with Gasteiger partial charge in [-0.2, -0.15) is 0 Å². The third kappa shape index (κ3) is 2.56. The SMILES string of the molecule is O=C(O)C1CC2CCC1N2CCSc1ccccc1F. The molecule has 2 fully saturated rings. The molecule has 2 aliphatic heterocycles. The second-order valence-corrected chi connectivity index (χ2v) is 6.63. The van der Waals surface area contributed by atoms with Gasteiger partial charge >= 0.3 is 5.97 Å². The number of carboxylic acid groups (broad SMARTS) is 1. The molecular formula is C15H18FNO2S. The third-order valence-corrected chi connectivity index (χ3v) is 5.47. The highest BCUT2D eigenvalue weighted by atomic mass is 32.2. The second kappa shape index (κ2) is 5.74. The fourth-order valence-electron chi connectivity index (χ4n) is 3.54. The highest BCUT2D eigenvalue weighted by Gasteiger charge is 2.48. The molecule has 2 heterocycles. The minimum absolute atomic E-state index is 0.176. The van der Waals surface area contributed by atoms with Crippen LogP contribution in [0.25, 0.3) is 0 Å². The van der Waals surface area contributed by atoms with Gasteiger partial charge in [0.1, 0.15) is 5.82 Å². The molecule has 0 amide bonds. The molecular weight excluding hydrogens is 277 g/mol. The fraction of sp³-hybridized carbons (Fsp3) is 0.533. The zero-order chi connectivity index (χ0) is 14.1. The predicted molar refractivity (Wildman–Crippen MR) is 76.4 cm³/mol. The van der Waals surface area contributed by atoms with Gasteiger partial charge in [-0.3, -0.25) is 9.69 Å². The molecule has 1 N–H and O–H groups in total. The zero-order valence-electron chi connectivity index (χ0n) is 11.2. The Morgan fingerprint density at radius 3 is 2.90 bits per heavy atom. The van der Waals surface area contributed by atoms with Gasteiger partial charge in [-0.05, 0) is 31.4 Å². The van der Waals surface area contributed by atoms with Gasteiger partial charge in [0.05, 0.1) is 5.92 Å². The van der Waals surface area contributed by atoms with Gasteiger partial charge in [-0.25, -0.2) is 4.39 Å². The van der Waals surface area contributed by atoms with E-state index in [-0.39, 0.29) is 17.8 Å². The Morgan fingerprint density at radius 1 is 1.40 bits per heavy atom. The minimum Gasteiger partial charge on any atom is -0.481 e. The molecule has 3 atom stereocenters. The van der Waals surface area contributed by atoms with Crippen LogP contribution in [0, 0.1) is 11.7 Å². The van der Waals surface area contributed by atoms with Crippen LogP contribution in [0.5, 0.6) is 0 Å². The molecule has 3 rings (SSSR count). The first-order valence-corrected chi connectivity index (χ1v) is 8.01. The molecule has 0 aliphatic carbocycles. The maximum absolute atomic E-state index is 13.5. The van der Waals surface area contributed by atoms with E-state index in [1.807, 2.05) is 6.07 Å². The third-order valence-electron chi connectivity index (χ3n) is 4.44. The Kier molecular flexibility index (Phi) is 3.98. The molecule has 0 saturated carbocycles. The zero-order valence-corrected chi connectivity index (χ0v) is 12.0. The van der Waals surface area contributed by atoms with Gasteiger partial charge in [0, 0.05) is 29.3 Å². The molecule has 2 saturated heterocycles. The maximum atomic E-state index is 13.5. The van der Waals surface area contributed by atoms with Crippen molar-refractivity contribution in [3.8, 4) is 0 Å². The molecule has 0 spiro atoms. The Morgan fingerprint density at radius 2 is 2.20 bits per heavy atom. The van der Waals surface area contributed by atoms with Crippen LogP contribution in [-0.2, 0) is 4.79 Å². The maximum Gasteiger partial charge on any atom is 0.308 e. The van der Waals surface area contributed by atoms with Crippen molar-refractivity contribution in [2.75, 3.05) is 12.3 Å². The van der Waals surface area contributed by atoms with Crippen LogP contribution in [0.15, 0.2) is 29.2 Å². The molecule has 20 heavy (non-hydrogen) atoms. The molecule has 2 bridgehead atoms. The molecule has 3 unspecified atom stereocenters. The summed E-state index contributed by atoms with van der Waals surface area (Å²) < 4.78 is 13.5. The Bertz CT molecular complexity index is 510. The van der Waals surface area contributed by atoms with E-state index in [2.05, 4.69) is 4.90 Å². The lowest BCUT2D eigenvalue weighted by Gasteiger charge is -2.22. The van der Waals surface area contributed by atoms with E-state index >= 15 is 0 Å². The average Bonchev–Trinajstić information content (AvgIpc) is 2.98. The first-order valence-electron chi connectivity index (χ1n) is 7.02. The largest absolute Gasteiger partial charge is 0.481 e. The molecule has 3 nitrogen and oxygen atoms in total. The number of aliphatic carboxylic acids is 1. The predicted octanol–water partition coefficient (Wildman–Crippen LogP) is 2.86. The van der Waals surface area contributed by atoms with E-state index in [9.17, 15) is 14.3 Å². The molecule has 0 aromatic heterocycles. The highest BCUT2D eigenvalue weighted by Crippen LogP contribution is 2.41. The first kappa shape index (κ1) is 13.9. The van der Waals surface area contributed by atoms with Crippen molar-refractivity contribution < 1.29 is 14.3 Å². The summed E-state index contributed by atoms with van der Waals surface area (Å²) in [4.78, 5) is 14.2. The van der Waals surface area contributed by atoms with Crippen LogP contribution in [0.2, 0.25) is 0 Å². The van der Waals surface area contributed by atoms with Crippen LogP contribution >= 0.6 is 11.8 Å². The van der Waals surface area contributed by atoms with E-state index in [0.29, 0.717) is 10.9 Å². The van der Waals surface area contributed by atoms with Gasteiger partial charge in [0.25, 0.3) is 0 Å². The highest BCUT2D eigenvalue weighted by molar-refractivity contribution is 7.99. The van der Waals surface area contributed by atoms with E-state index < -0.39 is 5.97 Å². The number of rotatable bonds is 5. The summed E-state index contributed by atoms with van der Waals surface area (Å²) >= 11 is 1.51. The van der Waals surface area contributed by atoms with Gasteiger partial charge in [-0.15, -0.1) is 11.8 Å². The molecule has 1 aromatic rings. The quantitative estimate of drug-likeness (QED) is 0.848. The van der Waals surface area contributed by atoms with Gasteiger partial charge in [-0.1, -0.05) is 12.1 Å². The second-order valence-electron chi connectivity index (χ2n) is 5.50. The number of carboxylic acids is 1. The van der Waals surface area contributed by atoms with Gasteiger partial charge in [0.2, 0.25) is 0 Å². The van der Waals surface area contributed by atoms with Crippen molar-refractivity contribution in [3.05, 3.63) is 30.1 Å². The summed E-state index contributed by atoms with van der Waals surface area (Å²) in [6.45, 7) is 0.845. The number of carbonyl (C=O) groups is 1. The molecule has 1 aromatic carbocycles. The van der Waals surface area contributed by atoms with Crippen molar-refractivity contribution in [2.24, 2.45) is 5.92 Å². The Balaban J connectivity index is 1.55. The van der Waals surface area contributed by atoms with E-state index in [1.165, 1.54) is 17.8 Å². The van der Waals surface area contributed by atoms with Crippen molar-refractivity contribution in [1.29, 1.82) is 0 Å². The Labute approximate surface area is 122 Å². The first-order chi connectivity index (χ1) is 9.66. The lowest BCUT2D eigenvalue weighted by molar-refractivity contribution is -0.142. The normalized spacial score (nSPS) is 28.9. The number of hydrogen-bond acceptors (Lipinski definition) is 3. The molecule has 2 aliphatic rings. The van der Waals surface area contributed by atoms with Crippen molar-refractivity contribution in [2.45, 2.75) is 36.2 Å². The van der Waals surface area contributed by atoms with Crippen molar-refractivity contribution >= 4 is 17.7 Å². The number of benzene rings is 1. The van der Waals surface area contributed by atoms with Crippen LogP contribution in [0.4, 0.5) is 4.39 Å². The van der Waals surface area contributed by atoms with Crippen molar-refractivity contribution in [1.82, 2.24) is 4.90 Å². The van der Waals surface area contributed by atoms with E-state index in [1.54, 1.807) is 12.1 Å². The van der Waals surface area contributed by atoms with Crippen LogP contribution in [0.1, 0.15) is 19.3 Å². The lowest BCUT2D eigenvalue weighted by atomic mass is 9.89. The minimum atomic E-state index is -0.663. The summed E-state index contributed by atoms with van der Waals surface area (Å²) in [7, 11) is 0. The molecule has 0 radical (unpaired) electrons.